The minimum atomic E-state index is -0.807. The van der Waals surface area contributed by atoms with Gasteiger partial charge in [-0.05, 0) is 46.4 Å². The van der Waals surface area contributed by atoms with E-state index in [0.717, 1.165) is 0 Å². The number of aromatic nitrogens is 3. The summed E-state index contributed by atoms with van der Waals surface area (Å²) in [4.78, 5) is 20.4. The smallest absolute Gasteiger partial charge is 0.436 e. The highest BCUT2D eigenvalue weighted by Gasteiger charge is 2.24. The first-order valence-corrected chi connectivity index (χ1v) is 8.05. The molecule has 0 aliphatic carbocycles. The van der Waals surface area contributed by atoms with Crippen LogP contribution in [0.4, 0.5) is 5.69 Å². The van der Waals surface area contributed by atoms with Crippen molar-refractivity contribution in [3.8, 4) is 11.4 Å². The van der Waals surface area contributed by atoms with E-state index in [1.54, 1.807) is 55.8 Å². The third-order valence-corrected chi connectivity index (χ3v) is 4.02. The van der Waals surface area contributed by atoms with Gasteiger partial charge in [0.05, 0.1) is 24.2 Å². The second-order valence-corrected chi connectivity index (χ2v) is 5.63. The summed E-state index contributed by atoms with van der Waals surface area (Å²) in [5.41, 5.74) is 0.613. The van der Waals surface area contributed by atoms with Crippen molar-refractivity contribution in [1.29, 1.82) is 0 Å². The number of ether oxygens (including phenoxy) is 1. The third kappa shape index (κ3) is 3.04. The molecule has 0 spiro atoms. The van der Waals surface area contributed by atoms with Crippen LogP contribution in [0.1, 0.15) is 5.69 Å². The van der Waals surface area contributed by atoms with Crippen LogP contribution in [0.2, 0.25) is 0 Å². The quantitative estimate of drug-likeness (QED) is 0.334. The SMILES string of the molecule is COc1ccc(-[n+]2[nH]oc(=O)c2C([O-])=Nc2cccc3ncccc23)cc1. The average Bonchev–Trinajstić information content (AvgIpc) is 3.10. The minimum Gasteiger partial charge on any atom is -0.854 e. The number of aliphatic imine (C=N–C) groups is 1. The van der Waals surface area contributed by atoms with Crippen LogP contribution in [0.3, 0.4) is 0 Å². The lowest BCUT2D eigenvalue weighted by atomic mass is 10.2. The van der Waals surface area contributed by atoms with Crippen LogP contribution in [0.5, 0.6) is 5.75 Å². The van der Waals surface area contributed by atoms with Crippen molar-refractivity contribution in [3.63, 3.8) is 0 Å². The van der Waals surface area contributed by atoms with Gasteiger partial charge in [0.1, 0.15) is 5.75 Å². The molecule has 8 heteroatoms. The lowest BCUT2D eigenvalue weighted by Gasteiger charge is -2.06. The van der Waals surface area contributed by atoms with Gasteiger partial charge in [-0.2, -0.15) is 0 Å². The molecule has 0 saturated heterocycles. The maximum atomic E-state index is 12.7. The molecule has 27 heavy (non-hydrogen) atoms. The zero-order chi connectivity index (χ0) is 18.8. The standard InChI is InChI=1S/C19H14N4O4/c1-26-13-9-7-12(8-10-13)23-17(19(25)27-22-23)18(24)21-16-6-2-5-15-14(16)4-3-11-20-15/h2-11H,1H3,(H-,20,21,22,24,25). The normalized spacial score (nSPS) is 11.7. The zero-order valence-electron chi connectivity index (χ0n) is 14.2. The number of aromatic amines is 1. The molecule has 0 bridgehead atoms. The number of nitrogens with one attached hydrogen (secondary N) is 1. The molecule has 0 fully saturated rings. The monoisotopic (exact) mass is 362 g/mol. The number of hydrogen-bond acceptors (Lipinski definition) is 6. The summed E-state index contributed by atoms with van der Waals surface area (Å²) in [6.07, 6.45) is 1.66. The van der Waals surface area contributed by atoms with E-state index in [1.807, 2.05) is 12.1 Å². The molecule has 0 unspecified atom stereocenters. The average molecular weight is 362 g/mol. The van der Waals surface area contributed by atoms with Gasteiger partial charge in [0.2, 0.25) is 5.69 Å². The highest BCUT2D eigenvalue weighted by molar-refractivity contribution is 5.95. The molecule has 0 saturated carbocycles. The second kappa shape index (κ2) is 6.75. The van der Waals surface area contributed by atoms with E-state index in [1.165, 1.54) is 4.68 Å². The van der Waals surface area contributed by atoms with Crippen molar-refractivity contribution in [2.75, 3.05) is 7.11 Å². The Balaban J connectivity index is 1.82. The van der Waals surface area contributed by atoms with Gasteiger partial charge in [-0.15, -0.1) is 0 Å². The van der Waals surface area contributed by atoms with Gasteiger partial charge in [0.25, 0.3) is 0 Å². The molecule has 0 amide bonds. The lowest BCUT2D eigenvalue weighted by Crippen LogP contribution is -2.44. The van der Waals surface area contributed by atoms with Crippen LogP contribution in [0, 0.1) is 0 Å². The Hall–Kier alpha value is -3.94. The number of rotatable bonds is 4. The minimum absolute atomic E-state index is 0.235. The molecular formula is C19H14N4O4. The summed E-state index contributed by atoms with van der Waals surface area (Å²) in [5.74, 6) is -0.0804. The molecule has 0 aliphatic rings. The Morgan fingerprint density at radius 1 is 1.19 bits per heavy atom. The maximum absolute atomic E-state index is 12.7. The topological polar surface area (TPSA) is 107 Å². The van der Waals surface area contributed by atoms with Crippen LogP contribution < -0.4 is 20.2 Å². The van der Waals surface area contributed by atoms with Crippen LogP contribution >= 0.6 is 0 Å². The molecule has 8 nitrogen and oxygen atoms in total. The third-order valence-electron chi connectivity index (χ3n) is 4.02. The van der Waals surface area contributed by atoms with Crippen molar-refractivity contribution in [2.45, 2.75) is 0 Å². The van der Waals surface area contributed by atoms with Crippen molar-refractivity contribution < 1.29 is 19.0 Å². The molecule has 0 aliphatic heterocycles. The summed E-state index contributed by atoms with van der Waals surface area (Å²) < 4.78 is 11.2. The number of H-pyrrole nitrogens is 1. The molecule has 2 heterocycles. The van der Waals surface area contributed by atoms with Crippen molar-refractivity contribution in [2.24, 2.45) is 4.99 Å². The van der Waals surface area contributed by atoms with Crippen LogP contribution in [-0.2, 0) is 0 Å². The fraction of sp³-hybridized carbons (Fsp3) is 0.0526. The number of methoxy groups -OCH3 is 1. The first kappa shape index (κ1) is 16.5. The highest BCUT2D eigenvalue weighted by Crippen LogP contribution is 2.24. The summed E-state index contributed by atoms with van der Waals surface area (Å²) in [6.45, 7) is 0. The van der Waals surface area contributed by atoms with E-state index >= 15 is 0 Å². The number of pyridine rings is 1. The van der Waals surface area contributed by atoms with Gasteiger partial charge in [0.15, 0.2) is 0 Å². The number of nitrogens with zero attached hydrogens (tertiary/aromatic N) is 3. The first-order chi connectivity index (χ1) is 13.2. The van der Waals surface area contributed by atoms with Gasteiger partial charge in [-0.3, -0.25) is 14.5 Å². The Morgan fingerprint density at radius 3 is 2.78 bits per heavy atom. The fourth-order valence-electron chi connectivity index (χ4n) is 2.72. The number of benzene rings is 2. The molecule has 2 aromatic carbocycles. The second-order valence-electron chi connectivity index (χ2n) is 5.63. The zero-order valence-corrected chi connectivity index (χ0v) is 14.2. The predicted octanol–water partition coefficient (Wildman–Crippen LogP) is 1.24. The van der Waals surface area contributed by atoms with E-state index < -0.39 is 11.5 Å². The molecule has 0 atom stereocenters. The Bertz CT molecular complexity index is 1190. The Morgan fingerprint density at radius 2 is 2.00 bits per heavy atom. The number of fused-ring (bicyclic) bond motifs is 1. The van der Waals surface area contributed by atoms with E-state index in [9.17, 15) is 9.90 Å². The highest BCUT2D eigenvalue weighted by atomic mass is 16.5. The van der Waals surface area contributed by atoms with Crippen LogP contribution in [0.25, 0.3) is 16.6 Å². The van der Waals surface area contributed by atoms with E-state index in [2.05, 4.69) is 15.2 Å². The van der Waals surface area contributed by atoms with Crippen molar-refractivity contribution in [3.05, 3.63) is 76.9 Å². The summed E-state index contributed by atoms with van der Waals surface area (Å²) in [7, 11) is 1.55. The van der Waals surface area contributed by atoms with E-state index in [-0.39, 0.29) is 5.69 Å². The first-order valence-electron chi connectivity index (χ1n) is 8.05. The predicted molar refractivity (Wildman–Crippen MR) is 95.4 cm³/mol. The molecule has 1 N–H and O–H groups in total. The van der Waals surface area contributed by atoms with Gasteiger partial charge in [-0.1, -0.05) is 6.07 Å². The molecule has 2 aromatic heterocycles. The van der Waals surface area contributed by atoms with Crippen molar-refractivity contribution in [1.82, 2.24) is 10.3 Å². The van der Waals surface area contributed by atoms with Gasteiger partial charge >= 0.3 is 11.3 Å². The van der Waals surface area contributed by atoms with Crippen molar-refractivity contribution >= 4 is 22.5 Å². The summed E-state index contributed by atoms with van der Waals surface area (Å²) >= 11 is 0. The molecule has 134 valence electrons. The van der Waals surface area contributed by atoms with Crippen LogP contribution in [0.15, 0.2) is 75.1 Å². The van der Waals surface area contributed by atoms with Crippen LogP contribution in [-0.4, -0.2) is 23.3 Å². The summed E-state index contributed by atoms with van der Waals surface area (Å²) in [5, 5.41) is 15.9. The van der Waals surface area contributed by atoms with Gasteiger partial charge < -0.3 is 9.84 Å². The number of hydrogen-bond donors (Lipinski definition) is 1. The largest absolute Gasteiger partial charge is 0.854 e. The Kier molecular flexibility index (Phi) is 4.13. The molecular weight excluding hydrogens is 348 g/mol. The maximum Gasteiger partial charge on any atom is 0.436 e. The molecule has 0 radical (unpaired) electrons. The van der Waals surface area contributed by atoms with Gasteiger partial charge in [0, 0.05) is 23.7 Å². The molecule has 4 aromatic rings. The van der Waals surface area contributed by atoms with E-state index in [0.29, 0.717) is 28.0 Å². The Labute approximate surface area is 153 Å². The van der Waals surface area contributed by atoms with E-state index in [4.69, 9.17) is 9.26 Å². The fourth-order valence-corrected chi connectivity index (χ4v) is 2.72. The lowest BCUT2D eigenvalue weighted by molar-refractivity contribution is -0.673. The van der Waals surface area contributed by atoms with Gasteiger partial charge in [-0.25, -0.2) is 4.79 Å². The molecule has 4 rings (SSSR count). The summed E-state index contributed by atoms with van der Waals surface area (Å²) in [6, 6.07) is 15.6.